The molecular formula is C32H43N3O6S. The van der Waals surface area contributed by atoms with E-state index in [1.807, 2.05) is 37.3 Å². The van der Waals surface area contributed by atoms with E-state index in [-0.39, 0.29) is 25.0 Å². The minimum Gasteiger partial charge on any atom is -0.461 e. The fraction of sp³-hybridized carbons (Fsp3) is 0.594. The van der Waals surface area contributed by atoms with Gasteiger partial charge < -0.3 is 24.4 Å². The molecule has 4 fully saturated rings. The largest absolute Gasteiger partial charge is 0.461 e. The van der Waals surface area contributed by atoms with Crippen molar-refractivity contribution >= 4 is 29.5 Å². The fourth-order valence-corrected chi connectivity index (χ4v) is 9.79. The number of carbonyl (C=O) groups is 3. The van der Waals surface area contributed by atoms with Gasteiger partial charge in [-0.25, -0.2) is 0 Å². The molecule has 2 unspecified atom stereocenters. The first-order valence-corrected chi connectivity index (χ1v) is 15.8. The number of ether oxygens (including phenoxy) is 2. The number of rotatable bonds is 13. The van der Waals surface area contributed by atoms with E-state index >= 15 is 0 Å². The second kappa shape index (κ2) is 12.9. The van der Waals surface area contributed by atoms with E-state index in [2.05, 4.69) is 18.1 Å². The maximum absolute atomic E-state index is 14.7. The van der Waals surface area contributed by atoms with Gasteiger partial charge >= 0.3 is 5.97 Å². The number of aliphatic hydroxyl groups is 1. The van der Waals surface area contributed by atoms with Crippen LogP contribution >= 0.6 is 11.8 Å². The molecule has 228 valence electrons. The SMILES string of the molecule is C=CCOC(=O)[C@@H]1[C@H]2C(=O)N([C@@H](CO)Cc3ccccc3)C(C(=O)N(CC=C)CCN3CCOCC3)C23CC[C@@]1(C)S3. The van der Waals surface area contributed by atoms with E-state index in [1.54, 1.807) is 27.6 Å². The Hall–Kier alpha value is -2.66. The number of nitrogens with zero attached hydrogens (tertiary/aromatic N) is 3. The van der Waals surface area contributed by atoms with Gasteiger partial charge in [0.25, 0.3) is 0 Å². The lowest BCUT2D eigenvalue weighted by atomic mass is 9.66. The van der Waals surface area contributed by atoms with Crippen LogP contribution in [0.4, 0.5) is 0 Å². The predicted octanol–water partition coefficient (Wildman–Crippen LogP) is 2.15. The van der Waals surface area contributed by atoms with Gasteiger partial charge in [0.05, 0.1) is 42.4 Å². The Morgan fingerprint density at radius 3 is 2.62 bits per heavy atom. The second-order valence-corrected chi connectivity index (χ2v) is 13.8. The minimum absolute atomic E-state index is 0.0674. The highest BCUT2D eigenvalue weighted by Gasteiger charge is 2.78. The highest BCUT2D eigenvalue weighted by atomic mass is 32.2. The van der Waals surface area contributed by atoms with Crippen LogP contribution in [0.25, 0.3) is 0 Å². The van der Waals surface area contributed by atoms with E-state index in [1.165, 1.54) is 6.08 Å². The molecule has 0 saturated carbocycles. The van der Waals surface area contributed by atoms with Crippen LogP contribution in [-0.4, -0.2) is 118 Å². The molecule has 0 radical (unpaired) electrons. The summed E-state index contributed by atoms with van der Waals surface area (Å²) in [5.41, 5.74) is 0.964. The molecule has 2 amide bonds. The first-order valence-electron chi connectivity index (χ1n) is 14.9. The average Bonchev–Trinajstić information content (AvgIpc) is 3.58. The van der Waals surface area contributed by atoms with Gasteiger partial charge in [-0.05, 0) is 31.7 Å². The zero-order valence-electron chi connectivity index (χ0n) is 24.5. The van der Waals surface area contributed by atoms with Gasteiger partial charge in [0.15, 0.2) is 0 Å². The molecule has 4 saturated heterocycles. The third-order valence-corrected chi connectivity index (χ3v) is 11.4. The molecule has 1 aromatic rings. The summed E-state index contributed by atoms with van der Waals surface area (Å²) in [5, 5.41) is 10.7. The standard InChI is InChI=1S/C32H43N3O6S/c1-4-13-34(15-14-33-16-19-40-20-17-33)29(38)27-32-12-11-31(3,42-32)26(30(39)41-18-5-2)25(32)28(37)35(27)24(22-36)21-23-9-7-6-8-10-23/h4-10,24-27,36H,1-2,11-22H2,3H3/t24-,25+,26+,27?,31-,32?/m1/s1. The number of amides is 2. The van der Waals surface area contributed by atoms with Gasteiger partial charge in [-0.1, -0.05) is 49.1 Å². The van der Waals surface area contributed by atoms with Crippen LogP contribution in [0.1, 0.15) is 25.3 Å². The molecule has 1 N–H and O–H groups in total. The van der Waals surface area contributed by atoms with Crippen LogP contribution in [0.5, 0.6) is 0 Å². The van der Waals surface area contributed by atoms with E-state index in [0.29, 0.717) is 52.1 Å². The van der Waals surface area contributed by atoms with Crippen LogP contribution in [0, 0.1) is 11.8 Å². The molecule has 1 spiro atoms. The van der Waals surface area contributed by atoms with Crippen molar-refractivity contribution in [3.05, 3.63) is 61.2 Å². The second-order valence-electron chi connectivity index (χ2n) is 11.9. The van der Waals surface area contributed by atoms with Crippen LogP contribution in [-0.2, 0) is 30.3 Å². The zero-order chi connectivity index (χ0) is 29.9. The number of hydrogen-bond donors (Lipinski definition) is 1. The normalized spacial score (nSPS) is 31.0. The van der Waals surface area contributed by atoms with Crippen molar-refractivity contribution in [3.8, 4) is 0 Å². The quantitative estimate of drug-likeness (QED) is 0.273. The topological polar surface area (TPSA) is 99.6 Å². The first kappa shape index (κ1) is 30.8. The molecule has 2 bridgehead atoms. The van der Waals surface area contributed by atoms with Gasteiger partial charge in [-0.3, -0.25) is 19.3 Å². The van der Waals surface area contributed by atoms with Crippen molar-refractivity contribution in [2.75, 3.05) is 59.2 Å². The molecule has 4 aliphatic heterocycles. The Bertz CT molecular complexity index is 1180. The molecular weight excluding hydrogens is 554 g/mol. The van der Waals surface area contributed by atoms with Gasteiger partial charge in [0, 0.05) is 37.5 Å². The summed E-state index contributed by atoms with van der Waals surface area (Å²) in [6, 6.07) is 8.26. The molecule has 0 aromatic heterocycles. The maximum atomic E-state index is 14.7. The minimum atomic E-state index is -0.815. The average molecular weight is 598 g/mol. The number of fused-ring (bicyclic) bond motifs is 1. The summed E-state index contributed by atoms with van der Waals surface area (Å²) in [6.07, 6.45) is 4.98. The first-order chi connectivity index (χ1) is 20.3. The number of morpholine rings is 1. The highest BCUT2D eigenvalue weighted by Crippen LogP contribution is 2.71. The lowest BCUT2D eigenvalue weighted by Gasteiger charge is -2.40. The fourth-order valence-electron chi connectivity index (χ4n) is 7.47. The van der Waals surface area contributed by atoms with Crippen molar-refractivity contribution in [1.82, 2.24) is 14.7 Å². The van der Waals surface area contributed by atoms with Gasteiger partial charge in [-0.2, -0.15) is 0 Å². The smallest absolute Gasteiger partial charge is 0.311 e. The number of carbonyl (C=O) groups excluding carboxylic acids is 3. The summed E-state index contributed by atoms with van der Waals surface area (Å²) in [6.45, 7) is 13.8. The van der Waals surface area contributed by atoms with Crippen molar-refractivity contribution in [2.24, 2.45) is 11.8 Å². The lowest BCUT2D eigenvalue weighted by Crippen LogP contribution is -2.58. The Balaban J connectivity index is 1.52. The number of benzene rings is 1. The highest BCUT2D eigenvalue weighted by molar-refractivity contribution is 8.02. The van der Waals surface area contributed by atoms with Crippen LogP contribution in [0.3, 0.4) is 0 Å². The van der Waals surface area contributed by atoms with Crippen molar-refractivity contribution in [1.29, 1.82) is 0 Å². The maximum Gasteiger partial charge on any atom is 0.311 e. The zero-order valence-corrected chi connectivity index (χ0v) is 25.3. The van der Waals surface area contributed by atoms with Crippen molar-refractivity contribution in [3.63, 3.8) is 0 Å². The van der Waals surface area contributed by atoms with Crippen LogP contribution in [0.15, 0.2) is 55.6 Å². The van der Waals surface area contributed by atoms with Crippen LogP contribution in [0.2, 0.25) is 0 Å². The molecule has 0 aliphatic carbocycles. The lowest BCUT2D eigenvalue weighted by molar-refractivity contribution is -0.155. The third-order valence-electron chi connectivity index (χ3n) is 9.42. The number of thioether (sulfide) groups is 1. The van der Waals surface area contributed by atoms with Gasteiger partial charge in [-0.15, -0.1) is 18.3 Å². The van der Waals surface area contributed by atoms with E-state index < -0.39 is 39.4 Å². The van der Waals surface area contributed by atoms with Crippen molar-refractivity contribution in [2.45, 2.75) is 47.8 Å². The molecule has 10 heteroatoms. The molecule has 1 aromatic carbocycles. The van der Waals surface area contributed by atoms with E-state index in [9.17, 15) is 19.5 Å². The predicted molar refractivity (Wildman–Crippen MR) is 162 cm³/mol. The monoisotopic (exact) mass is 597 g/mol. The number of hydrogen-bond acceptors (Lipinski definition) is 8. The van der Waals surface area contributed by atoms with Gasteiger partial charge in [0.2, 0.25) is 11.8 Å². The summed E-state index contributed by atoms with van der Waals surface area (Å²) >= 11 is 1.61. The summed E-state index contributed by atoms with van der Waals surface area (Å²) in [4.78, 5) is 48.5. The molecule has 42 heavy (non-hydrogen) atoms. The summed E-state index contributed by atoms with van der Waals surface area (Å²) in [5.74, 6) is -2.20. The Labute approximate surface area is 252 Å². The molecule has 4 aliphatic rings. The Kier molecular flexibility index (Phi) is 9.47. The number of esters is 1. The molecule has 4 heterocycles. The van der Waals surface area contributed by atoms with Gasteiger partial charge in [0.1, 0.15) is 12.6 Å². The summed E-state index contributed by atoms with van der Waals surface area (Å²) < 4.78 is 9.72. The number of aliphatic hydroxyl groups excluding tert-OH is 1. The Morgan fingerprint density at radius 1 is 1.21 bits per heavy atom. The molecule has 5 rings (SSSR count). The van der Waals surface area contributed by atoms with Crippen molar-refractivity contribution < 1.29 is 29.0 Å². The molecule has 6 atom stereocenters. The molecule has 9 nitrogen and oxygen atoms in total. The number of likely N-dealkylation sites (tertiary alicyclic amines) is 1. The van der Waals surface area contributed by atoms with Crippen LogP contribution < -0.4 is 0 Å². The van der Waals surface area contributed by atoms with E-state index in [4.69, 9.17) is 9.47 Å². The van der Waals surface area contributed by atoms with E-state index in [0.717, 1.165) is 18.7 Å². The summed E-state index contributed by atoms with van der Waals surface area (Å²) in [7, 11) is 0. The Morgan fingerprint density at radius 2 is 1.95 bits per heavy atom. The third kappa shape index (κ3) is 5.54.